The molecule has 1 heterocycles. The number of rotatable bonds is 2. The zero-order valence-corrected chi connectivity index (χ0v) is 8.63. The number of H-pyrrole nitrogens is 1. The Morgan fingerprint density at radius 1 is 1.73 bits per heavy atom. The molecule has 0 atom stereocenters. The van der Waals surface area contributed by atoms with Gasteiger partial charge in [0.1, 0.15) is 0 Å². The van der Waals surface area contributed by atoms with Gasteiger partial charge < -0.3 is 5.11 Å². The molecule has 56 valence electrons. The summed E-state index contributed by atoms with van der Waals surface area (Å²) >= 11 is 0. The number of hydrogen-bond donors (Lipinski definition) is 1. The van der Waals surface area contributed by atoms with E-state index >= 15 is 0 Å². The van der Waals surface area contributed by atoms with Gasteiger partial charge in [-0.2, -0.15) is 5.10 Å². The van der Waals surface area contributed by atoms with Crippen molar-refractivity contribution in [2.24, 2.45) is 0 Å². The van der Waals surface area contributed by atoms with Crippen LogP contribution in [-0.2, 0) is 6.54 Å². The Hall–Kier alpha value is -0.260. The van der Waals surface area contributed by atoms with E-state index in [-0.39, 0.29) is 29.6 Å². The van der Waals surface area contributed by atoms with E-state index in [1.165, 1.54) is 0 Å². The molecule has 0 aliphatic heterocycles. The molecule has 0 aliphatic carbocycles. The number of nitrogens with zero attached hydrogens (tertiary/aromatic N) is 2. The molecule has 11 heavy (non-hydrogen) atoms. The van der Waals surface area contributed by atoms with Crippen LogP contribution in [-0.4, -0.2) is 14.8 Å². The van der Waals surface area contributed by atoms with Crippen molar-refractivity contribution in [1.82, 2.24) is 14.8 Å². The summed E-state index contributed by atoms with van der Waals surface area (Å²) in [6.07, 6.45) is 0.759. The Labute approximate surface area is 85.7 Å². The summed E-state index contributed by atoms with van der Waals surface area (Å²) in [5.41, 5.74) is -0.424. The van der Waals surface area contributed by atoms with Gasteiger partial charge in [0.25, 0.3) is 0 Å². The smallest absolute Gasteiger partial charge is 0.844 e. The summed E-state index contributed by atoms with van der Waals surface area (Å²) in [5, 5.41) is 15.9. The number of hydrogen-bond acceptors (Lipinski definition) is 3. The third-order valence-corrected chi connectivity index (χ3v) is 1.17. The van der Waals surface area contributed by atoms with Crippen LogP contribution in [0.1, 0.15) is 13.3 Å². The summed E-state index contributed by atoms with van der Waals surface area (Å²) < 4.78 is 1.07. The fourth-order valence-electron chi connectivity index (χ4n) is 0.724. The first-order valence-corrected chi connectivity index (χ1v) is 3.08. The Kier molecular flexibility index (Phi) is 4.48. The zero-order chi connectivity index (χ0) is 7.56. The predicted molar refractivity (Wildman–Crippen MR) is 32.6 cm³/mol. The van der Waals surface area contributed by atoms with Crippen LogP contribution in [0.25, 0.3) is 0 Å². The Bertz CT molecular complexity index is 267. The van der Waals surface area contributed by atoms with Crippen molar-refractivity contribution >= 4 is 0 Å². The molecule has 0 spiro atoms. The summed E-state index contributed by atoms with van der Waals surface area (Å²) in [4.78, 5) is 10.7. The van der Waals surface area contributed by atoms with Crippen molar-refractivity contribution in [3.63, 3.8) is 0 Å². The Morgan fingerprint density at radius 3 is 2.73 bits per heavy atom. The maximum absolute atomic E-state index is 10.7. The van der Waals surface area contributed by atoms with E-state index in [0.29, 0.717) is 6.54 Å². The van der Waals surface area contributed by atoms with Crippen molar-refractivity contribution in [3.8, 4) is 6.01 Å². The third-order valence-electron chi connectivity index (χ3n) is 1.17. The molecular weight excluding hydrogens is 157 g/mol. The summed E-state index contributed by atoms with van der Waals surface area (Å²) in [7, 11) is 0. The number of aromatic amines is 1. The molecule has 0 radical (unpaired) electrons. The average molecular weight is 165 g/mol. The van der Waals surface area contributed by atoms with Gasteiger partial charge >= 0.3 is 35.2 Å². The van der Waals surface area contributed by atoms with Gasteiger partial charge in [0.2, 0.25) is 0 Å². The van der Waals surface area contributed by atoms with Crippen molar-refractivity contribution in [3.05, 3.63) is 10.5 Å². The van der Waals surface area contributed by atoms with Crippen LogP contribution >= 0.6 is 0 Å². The van der Waals surface area contributed by atoms with Gasteiger partial charge in [-0.15, -0.1) is 0 Å². The van der Waals surface area contributed by atoms with Crippen LogP contribution in [0.4, 0.5) is 0 Å². The molecule has 1 aromatic heterocycles. The molecule has 6 heteroatoms. The summed E-state index contributed by atoms with van der Waals surface area (Å²) in [6.45, 7) is 2.33. The second-order valence-corrected chi connectivity index (χ2v) is 1.96. The minimum absolute atomic E-state index is 0. The van der Waals surface area contributed by atoms with Crippen LogP contribution < -0.4 is 40.4 Å². The minimum atomic E-state index is -0.494. The fraction of sp³-hybridized carbons (Fsp3) is 0.600. The average Bonchev–Trinajstić information content (AvgIpc) is 2.20. The SMILES string of the molecule is CCCn1c([O-])n[nH]c1=O.[Na+]. The van der Waals surface area contributed by atoms with Crippen molar-refractivity contribution < 1.29 is 34.7 Å². The molecule has 5 nitrogen and oxygen atoms in total. The van der Waals surface area contributed by atoms with E-state index in [0.717, 1.165) is 11.0 Å². The first kappa shape index (κ1) is 10.7. The largest absolute Gasteiger partial charge is 1.00 e. The summed E-state index contributed by atoms with van der Waals surface area (Å²) in [6, 6.07) is -0.494. The number of aromatic nitrogens is 3. The second-order valence-electron chi connectivity index (χ2n) is 1.96. The molecule has 0 saturated heterocycles. The second kappa shape index (κ2) is 4.58. The van der Waals surface area contributed by atoms with Crippen molar-refractivity contribution in [2.75, 3.05) is 0 Å². The molecule has 0 unspecified atom stereocenters. The first-order chi connectivity index (χ1) is 4.75. The van der Waals surface area contributed by atoms with Crippen molar-refractivity contribution in [2.45, 2.75) is 19.9 Å². The summed E-state index contributed by atoms with van der Waals surface area (Å²) in [5.74, 6) is 0. The molecule has 1 aromatic rings. The monoisotopic (exact) mass is 165 g/mol. The first-order valence-electron chi connectivity index (χ1n) is 3.08. The standard InChI is InChI=1S/C5H9N3O2.Na/c1-2-3-8-4(9)6-7-5(8)10;/h2-3H2,1H3,(H,6,9)(H,7,10);/q;+1/p-1. The fourth-order valence-corrected chi connectivity index (χ4v) is 0.724. The molecule has 1 rings (SSSR count). The van der Waals surface area contributed by atoms with Gasteiger partial charge in [0.15, 0.2) is 0 Å². The molecule has 0 amide bonds. The van der Waals surface area contributed by atoms with Gasteiger partial charge in [-0.25, -0.2) is 9.89 Å². The maximum Gasteiger partial charge on any atom is 1.00 e. The number of nitrogens with one attached hydrogen (secondary N) is 1. The minimum Gasteiger partial charge on any atom is -0.844 e. The van der Waals surface area contributed by atoms with E-state index in [1.54, 1.807) is 0 Å². The topological polar surface area (TPSA) is 73.7 Å². The van der Waals surface area contributed by atoms with Crippen LogP contribution in [0.5, 0.6) is 6.01 Å². The molecular formula is C5H8N3NaO2. The van der Waals surface area contributed by atoms with Gasteiger partial charge in [-0.1, -0.05) is 6.92 Å². The molecule has 0 saturated carbocycles. The van der Waals surface area contributed by atoms with Gasteiger partial charge in [-0.05, 0) is 6.42 Å². The Morgan fingerprint density at radius 2 is 2.36 bits per heavy atom. The zero-order valence-electron chi connectivity index (χ0n) is 6.63. The normalized spacial score (nSPS) is 9.18. The maximum atomic E-state index is 10.7. The molecule has 1 N–H and O–H groups in total. The Balaban J connectivity index is 0.000001000. The van der Waals surface area contributed by atoms with Crippen LogP contribution in [0.2, 0.25) is 0 Å². The van der Waals surface area contributed by atoms with Gasteiger partial charge in [0, 0.05) is 6.54 Å². The molecule has 0 bridgehead atoms. The van der Waals surface area contributed by atoms with Crippen molar-refractivity contribution in [1.29, 1.82) is 0 Å². The quantitative estimate of drug-likeness (QED) is 0.455. The van der Waals surface area contributed by atoms with E-state index in [4.69, 9.17) is 0 Å². The molecule has 0 aliphatic rings. The van der Waals surface area contributed by atoms with E-state index in [9.17, 15) is 9.90 Å². The predicted octanol–water partition coefficient (Wildman–Crippen LogP) is -3.94. The molecule has 0 aromatic carbocycles. The van der Waals surface area contributed by atoms with Crippen LogP contribution in [0, 0.1) is 0 Å². The van der Waals surface area contributed by atoms with Gasteiger partial charge in [-0.3, -0.25) is 4.57 Å². The van der Waals surface area contributed by atoms with Crippen LogP contribution in [0.15, 0.2) is 4.79 Å². The van der Waals surface area contributed by atoms with Gasteiger partial charge in [0.05, 0.1) is 6.01 Å². The van der Waals surface area contributed by atoms with E-state index in [1.807, 2.05) is 6.92 Å². The van der Waals surface area contributed by atoms with Crippen LogP contribution in [0.3, 0.4) is 0 Å². The van der Waals surface area contributed by atoms with E-state index < -0.39 is 11.7 Å². The molecule has 0 fully saturated rings. The van der Waals surface area contributed by atoms with E-state index in [2.05, 4.69) is 10.2 Å². The third kappa shape index (κ3) is 2.36.